The number of anilines is 1. The summed E-state index contributed by atoms with van der Waals surface area (Å²) in [6.45, 7) is 2.60. The number of amides is 1. The number of carbonyl (C=O) groups is 1. The number of nitriles is 1. The predicted octanol–water partition coefficient (Wildman–Crippen LogP) is 3.95. The molecule has 0 radical (unpaired) electrons. The molecule has 0 saturated carbocycles. The molecule has 0 spiro atoms. The van der Waals surface area contributed by atoms with Crippen LogP contribution in [0.4, 0.5) is 5.69 Å². The zero-order chi connectivity index (χ0) is 20.9. The van der Waals surface area contributed by atoms with Crippen molar-refractivity contribution in [3.8, 4) is 23.2 Å². The Kier molecular flexibility index (Phi) is 5.75. The van der Waals surface area contributed by atoms with Crippen LogP contribution in [-0.4, -0.2) is 26.8 Å². The molecule has 30 heavy (non-hydrogen) atoms. The number of rotatable bonds is 5. The molecule has 1 unspecified atom stereocenters. The van der Waals surface area contributed by atoms with E-state index in [4.69, 9.17) is 10.00 Å². The number of para-hydroxylation sites is 1. The highest BCUT2D eigenvalue weighted by molar-refractivity contribution is 5.94. The van der Waals surface area contributed by atoms with Gasteiger partial charge in [-0.1, -0.05) is 18.6 Å². The van der Waals surface area contributed by atoms with Crippen LogP contribution in [0.25, 0.3) is 11.4 Å². The molecule has 1 aromatic heterocycles. The molecule has 0 saturated heterocycles. The van der Waals surface area contributed by atoms with Gasteiger partial charge in [-0.2, -0.15) is 5.26 Å². The van der Waals surface area contributed by atoms with Gasteiger partial charge in [0.15, 0.2) is 11.9 Å². The van der Waals surface area contributed by atoms with Gasteiger partial charge in [-0.15, -0.1) is 10.2 Å². The van der Waals surface area contributed by atoms with E-state index in [1.165, 1.54) is 6.42 Å². The lowest BCUT2D eigenvalue weighted by molar-refractivity contribution is -0.122. The van der Waals surface area contributed by atoms with Gasteiger partial charge in [-0.3, -0.25) is 4.79 Å². The van der Waals surface area contributed by atoms with Gasteiger partial charge in [-0.05, 0) is 56.2 Å². The van der Waals surface area contributed by atoms with E-state index >= 15 is 0 Å². The molecule has 1 amide bonds. The molecule has 1 aliphatic heterocycles. The Morgan fingerprint density at radius 2 is 1.93 bits per heavy atom. The summed E-state index contributed by atoms with van der Waals surface area (Å²) in [7, 11) is 0. The summed E-state index contributed by atoms with van der Waals surface area (Å²) >= 11 is 0. The van der Waals surface area contributed by atoms with Crippen LogP contribution in [0.1, 0.15) is 37.6 Å². The Hall–Kier alpha value is -3.66. The highest BCUT2D eigenvalue weighted by Crippen LogP contribution is 2.24. The maximum Gasteiger partial charge on any atom is 0.265 e. The van der Waals surface area contributed by atoms with Crippen molar-refractivity contribution in [2.24, 2.45) is 0 Å². The number of fused-ring (bicyclic) bond motifs is 1. The molecule has 7 heteroatoms. The van der Waals surface area contributed by atoms with Crippen LogP contribution in [-0.2, 0) is 17.8 Å². The maximum absolute atomic E-state index is 12.5. The second-order valence-electron chi connectivity index (χ2n) is 7.34. The quantitative estimate of drug-likeness (QED) is 0.699. The minimum Gasteiger partial charge on any atom is -0.480 e. The van der Waals surface area contributed by atoms with Crippen LogP contribution in [0, 0.1) is 11.3 Å². The summed E-state index contributed by atoms with van der Waals surface area (Å²) in [6.07, 6.45) is 3.73. The van der Waals surface area contributed by atoms with Crippen LogP contribution in [0.3, 0.4) is 0 Å². The smallest absolute Gasteiger partial charge is 0.265 e. The van der Waals surface area contributed by atoms with Gasteiger partial charge >= 0.3 is 0 Å². The molecule has 3 aromatic rings. The normalized spacial score (nSPS) is 14.1. The van der Waals surface area contributed by atoms with Crippen LogP contribution in [0.2, 0.25) is 0 Å². The fourth-order valence-corrected chi connectivity index (χ4v) is 3.55. The van der Waals surface area contributed by atoms with Crippen LogP contribution in [0.5, 0.6) is 5.75 Å². The number of nitrogens with one attached hydrogen (secondary N) is 1. The van der Waals surface area contributed by atoms with Crippen LogP contribution >= 0.6 is 0 Å². The monoisotopic (exact) mass is 401 g/mol. The summed E-state index contributed by atoms with van der Waals surface area (Å²) in [5.41, 5.74) is 2.04. The Morgan fingerprint density at radius 3 is 2.73 bits per heavy atom. The van der Waals surface area contributed by atoms with E-state index in [1.807, 2.05) is 24.3 Å². The van der Waals surface area contributed by atoms with Crippen molar-refractivity contribution in [3.63, 3.8) is 0 Å². The van der Waals surface area contributed by atoms with Crippen molar-refractivity contribution in [1.29, 1.82) is 5.26 Å². The number of nitrogens with zero attached hydrogens (tertiary/aromatic N) is 4. The zero-order valence-electron chi connectivity index (χ0n) is 16.8. The van der Waals surface area contributed by atoms with E-state index in [1.54, 1.807) is 31.2 Å². The standard InChI is InChI=1S/C23H23N5O2/c1-16(30-20-8-5-4-7-18(20)15-24)23(29)25-19-12-10-17(11-13-19)22-27-26-21-9-3-2-6-14-28(21)22/h4-5,7-8,10-13,16H,2-3,6,9,14H2,1H3,(H,25,29). The number of benzene rings is 2. The number of carbonyl (C=O) groups excluding carboxylic acids is 1. The molecule has 4 rings (SSSR count). The van der Waals surface area contributed by atoms with Gasteiger partial charge in [0.25, 0.3) is 5.91 Å². The third kappa shape index (κ3) is 4.18. The summed E-state index contributed by atoms with van der Waals surface area (Å²) in [5, 5.41) is 20.7. The highest BCUT2D eigenvalue weighted by Gasteiger charge is 2.18. The SMILES string of the molecule is CC(Oc1ccccc1C#N)C(=O)Nc1ccc(-c2nnc3n2CCCCC3)cc1. The van der Waals surface area contributed by atoms with Crippen molar-refractivity contribution in [2.75, 3.05) is 5.32 Å². The number of ether oxygens (including phenoxy) is 1. The third-order valence-electron chi connectivity index (χ3n) is 5.20. The van der Waals surface area contributed by atoms with E-state index in [0.29, 0.717) is 17.0 Å². The summed E-state index contributed by atoms with van der Waals surface area (Å²) in [6, 6.07) is 16.5. The molecule has 0 aliphatic carbocycles. The van der Waals surface area contributed by atoms with Crippen LogP contribution in [0.15, 0.2) is 48.5 Å². The summed E-state index contributed by atoms with van der Waals surface area (Å²) < 4.78 is 7.87. The van der Waals surface area contributed by atoms with Gasteiger partial charge in [-0.25, -0.2) is 0 Å². The lowest BCUT2D eigenvalue weighted by Gasteiger charge is -2.15. The number of aromatic nitrogens is 3. The Balaban J connectivity index is 1.43. The first-order valence-corrected chi connectivity index (χ1v) is 10.1. The number of aryl methyl sites for hydroxylation is 1. The average molecular weight is 401 g/mol. The number of hydrogen-bond donors (Lipinski definition) is 1. The zero-order valence-corrected chi connectivity index (χ0v) is 16.8. The minimum absolute atomic E-state index is 0.285. The van der Waals surface area contributed by atoms with Gasteiger partial charge in [0.05, 0.1) is 5.56 Å². The molecular formula is C23H23N5O2. The average Bonchev–Trinajstić information content (AvgIpc) is 3.02. The molecule has 2 heterocycles. The van der Waals surface area contributed by atoms with E-state index in [0.717, 1.165) is 43.0 Å². The largest absolute Gasteiger partial charge is 0.480 e. The van der Waals surface area contributed by atoms with E-state index in [2.05, 4.69) is 26.2 Å². The summed E-state index contributed by atoms with van der Waals surface area (Å²) in [4.78, 5) is 12.5. The molecule has 7 nitrogen and oxygen atoms in total. The third-order valence-corrected chi connectivity index (χ3v) is 5.20. The Bertz CT molecular complexity index is 1080. The maximum atomic E-state index is 12.5. The lowest BCUT2D eigenvalue weighted by atomic mass is 10.2. The molecule has 1 atom stereocenters. The molecule has 2 aromatic carbocycles. The lowest BCUT2D eigenvalue weighted by Crippen LogP contribution is -2.30. The van der Waals surface area contributed by atoms with Crippen LogP contribution < -0.4 is 10.1 Å². The van der Waals surface area contributed by atoms with Crippen molar-refractivity contribution < 1.29 is 9.53 Å². The van der Waals surface area contributed by atoms with Gasteiger partial charge in [0, 0.05) is 24.2 Å². The first kappa shape index (κ1) is 19.6. The van der Waals surface area contributed by atoms with Crippen molar-refractivity contribution >= 4 is 11.6 Å². The molecule has 0 bridgehead atoms. The topological polar surface area (TPSA) is 92.8 Å². The first-order valence-electron chi connectivity index (χ1n) is 10.1. The summed E-state index contributed by atoms with van der Waals surface area (Å²) in [5.74, 6) is 2.02. The van der Waals surface area contributed by atoms with Crippen molar-refractivity contribution in [2.45, 2.75) is 45.3 Å². The highest BCUT2D eigenvalue weighted by atomic mass is 16.5. The van der Waals surface area contributed by atoms with E-state index in [9.17, 15) is 4.79 Å². The fraction of sp³-hybridized carbons (Fsp3) is 0.304. The van der Waals surface area contributed by atoms with E-state index in [-0.39, 0.29) is 5.91 Å². The molecular weight excluding hydrogens is 378 g/mol. The van der Waals surface area contributed by atoms with Gasteiger partial charge in [0.1, 0.15) is 17.6 Å². The van der Waals surface area contributed by atoms with Gasteiger partial charge in [0.2, 0.25) is 0 Å². The molecule has 0 fully saturated rings. The minimum atomic E-state index is -0.744. The fourth-order valence-electron chi connectivity index (χ4n) is 3.55. The molecule has 1 aliphatic rings. The second-order valence-corrected chi connectivity index (χ2v) is 7.34. The van der Waals surface area contributed by atoms with Crippen molar-refractivity contribution in [3.05, 3.63) is 59.9 Å². The van der Waals surface area contributed by atoms with Gasteiger partial charge < -0.3 is 14.6 Å². The second kappa shape index (κ2) is 8.78. The molecule has 152 valence electrons. The Labute approximate surface area is 175 Å². The van der Waals surface area contributed by atoms with Crippen molar-refractivity contribution in [1.82, 2.24) is 14.8 Å². The predicted molar refractivity (Wildman–Crippen MR) is 113 cm³/mol. The van der Waals surface area contributed by atoms with E-state index < -0.39 is 6.10 Å². The first-order chi connectivity index (χ1) is 14.7. The number of hydrogen-bond acceptors (Lipinski definition) is 5. The molecule has 1 N–H and O–H groups in total. The Morgan fingerprint density at radius 1 is 1.13 bits per heavy atom.